The van der Waals surface area contributed by atoms with Crippen molar-refractivity contribution in [1.29, 1.82) is 0 Å². The summed E-state index contributed by atoms with van der Waals surface area (Å²) in [5.74, 6) is -0.686. The van der Waals surface area contributed by atoms with Crippen LogP contribution in [0.1, 0.15) is 17.3 Å². The molecule has 0 aliphatic carbocycles. The molecule has 0 aliphatic rings. The molecule has 0 atom stereocenters. The summed E-state index contributed by atoms with van der Waals surface area (Å²) in [4.78, 5) is 11.2. The molecule has 0 radical (unpaired) electrons. The molecular formula is C10H10FN3O. The Morgan fingerprint density at radius 1 is 1.40 bits per heavy atom. The summed E-state index contributed by atoms with van der Waals surface area (Å²) < 4.78 is 13.0. The number of hydrogen-bond acceptors (Lipinski definition) is 4. The molecule has 0 amide bonds. The smallest absolute Gasteiger partial charge is 0.162 e. The minimum absolute atomic E-state index is 0.206. The van der Waals surface area contributed by atoms with Crippen LogP contribution in [-0.4, -0.2) is 19.2 Å². The van der Waals surface area contributed by atoms with Gasteiger partial charge in [0.25, 0.3) is 0 Å². The lowest BCUT2D eigenvalue weighted by molar-refractivity contribution is 0.101. The van der Waals surface area contributed by atoms with Crippen LogP contribution < -0.4 is 5.12 Å². The second-order valence-corrected chi connectivity index (χ2v) is 2.79. The van der Waals surface area contributed by atoms with E-state index in [4.69, 9.17) is 0 Å². The molecule has 1 rings (SSSR count). The predicted molar refractivity (Wildman–Crippen MR) is 58.0 cm³/mol. The number of nitrogens with zero attached hydrogens (tertiary/aromatic N) is 3. The van der Waals surface area contributed by atoms with Crippen LogP contribution in [0.3, 0.4) is 0 Å². The van der Waals surface area contributed by atoms with Crippen molar-refractivity contribution in [3.05, 3.63) is 29.6 Å². The molecule has 0 unspecified atom stereocenters. The highest BCUT2D eigenvalue weighted by Crippen LogP contribution is 2.22. The lowest BCUT2D eigenvalue weighted by Crippen LogP contribution is -2.11. The lowest BCUT2D eigenvalue weighted by Gasteiger charge is -2.14. The van der Waals surface area contributed by atoms with Gasteiger partial charge in [0.1, 0.15) is 5.82 Å². The van der Waals surface area contributed by atoms with Crippen LogP contribution in [-0.2, 0) is 0 Å². The summed E-state index contributed by atoms with van der Waals surface area (Å²) in [5.41, 5.74) is 0.545. The Labute approximate surface area is 86.7 Å². The van der Waals surface area contributed by atoms with Crippen molar-refractivity contribution >= 4 is 24.9 Å². The Morgan fingerprint density at radius 2 is 2.00 bits per heavy atom. The summed E-state index contributed by atoms with van der Waals surface area (Å²) >= 11 is 0. The summed E-state index contributed by atoms with van der Waals surface area (Å²) in [6.45, 7) is 7.87. The van der Waals surface area contributed by atoms with Crippen molar-refractivity contribution in [2.45, 2.75) is 6.92 Å². The van der Waals surface area contributed by atoms with Crippen LogP contribution in [0.2, 0.25) is 0 Å². The molecule has 0 spiro atoms. The molecule has 5 heteroatoms. The molecule has 0 aliphatic heterocycles. The van der Waals surface area contributed by atoms with Gasteiger partial charge in [0, 0.05) is 25.1 Å². The van der Waals surface area contributed by atoms with E-state index in [1.807, 2.05) is 0 Å². The first-order valence-corrected chi connectivity index (χ1v) is 4.14. The minimum Gasteiger partial charge on any atom is -0.294 e. The number of hydrogen-bond donors (Lipinski definition) is 0. The van der Waals surface area contributed by atoms with E-state index in [2.05, 4.69) is 23.6 Å². The topological polar surface area (TPSA) is 45.0 Å². The quantitative estimate of drug-likeness (QED) is 0.431. The number of carbonyl (C=O) groups is 1. The molecule has 0 saturated heterocycles. The Hall–Kier alpha value is -2.04. The first-order valence-electron chi connectivity index (χ1n) is 4.14. The maximum absolute atomic E-state index is 13.0. The molecule has 0 N–H and O–H groups in total. The largest absolute Gasteiger partial charge is 0.294 e. The van der Waals surface area contributed by atoms with Gasteiger partial charge in [-0.1, -0.05) is 0 Å². The second kappa shape index (κ2) is 4.45. The van der Waals surface area contributed by atoms with Gasteiger partial charge in [-0.3, -0.25) is 4.79 Å². The Morgan fingerprint density at radius 3 is 2.47 bits per heavy atom. The van der Waals surface area contributed by atoms with E-state index in [1.54, 1.807) is 0 Å². The molecule has 0 heterocycles. The highest BCUT2D eigenvalue weighted by Gasteiger charge is 2.13. The molecule has 0 fully saturated rings. The van der Waals surface area contributed by atoms with E-state index in [0.717, 1.165) is 11.2 Å². The van der Waals surface area contributed by atoms with Crippen LogP contribution in [0.15, 0.2) is 28.4 Å². The summed E-state index contributed by atoms with van der Waals surface area (Å²) in [6.07, 6.45) is 0. The number of hydrazone groups is 2. The van der Waals surface area contributed by atoms with Gasteiger partial charge in [-0.2, -0.15) is 15.3 Å². The van der Waals surface area contributed by atoms with Crippen molar-refractivity contribution < 1.29 is 9.18 Å². The molecule has 15 heavy (non-hydrogen) atoms. The van der Waals surface area contributed by atoms with Crippen molar-refractivity contribution in [3.8, 4) is 0 Å². The third kappa shape index (κ3) is 2.25. The average Bonchev–Trinajstić information content (AvgIpc) is 2.19. The van der Waals surface area contributed by atoms with Gasteiger partial charge in [0.2, 0.25) is 0 Å². The zero-order chi connectivity index (χ0) is 11.4. The number of ketones is 1. The molecule has 1 aromatic carbocycles. The van der Waals surface area contributed by atoms with Gasteiger partial charge in [0.05, 0.1) is 5.69 Å². The first kappa shape index (κ1) is 11.0. The minimum atomic E-state index is -0.479. The molecule has 4 nitrogen and oxygen atoms in total. The maximum Gasteiger partial charge on any atom is 0.162 e. The molecule has 0 saturated carbocycles. The third-order valence-corrected chi connectivity index (χ3v) is 1.82. The van der Waals surface area contributed by atoms with Gasteiger partial charge < -0.3 is 0 Å². The molecule has 0 aromatic heterocycles. The van der Waals surface area contributed by atoms with Crippen LogP contribution in [0.4, 0.5) is 10.1 Å². The number of rotatable bonds is 4. The molecule has 78 valence electrons. The van der Waals surface area contributed by atoms with E-state index in [9.17, 15) is 9.18 Å². The fourth-order valence-corrected chi connectivity index (χ4v) is 1.17. The number of anilines is 1. The predicted octanol–water partition coefficient (Wildman–Crippen LogP) is 2.07. The zero-order valence-corrected chi connectivity index (χ0v) is 8.27. The average molecular weight is 207 g/mol. The highest BCUT2D eigenvalue weighted by atomic mass is 19.1. The lowest BCUT2D eigenvalue weighted by atomic mass is 10.1. The van der Waals surface area contributed by atoms with Gasteiger partial charge in [-0.05, 0) is 19.1 Å². The van der Waals surface area contributed by atoms with Crippen molar-refractivity contribution in [3.63, 3.8) is 0 Å². The van der Waals surface area contributed by atoms with E-state index < -0.39 is 5.82 Å². The zero-order valence-electron chi connectivity index (χ0n) is 8.27. The monoisotopic (exact) mass is 207 g/mol. The molecule has 1 aromatic rings. The Kier molecular flexibility index (Phi) is 3.28. The number of benzene rings is 1. The number of Topliss-reactive ketones (excluding diaryl/α,β-unsaturated/α-hetero) is 1. The van der Waals surface area contributed by atoms with Crippen LogP contribution in [0, 0.1) is 5.82 Å². The third-order valence-electron chi connectivity index (χ3n) is 1.82. The molecule has 0 bridgehead atoms. The Bertz CT molecular complexity index is 409. The number of halogens is 1. The van der Waals surface area contributed by atoms with Gasteiger partial charge in [-0.15, -0.1) is 0 Å². The van der Waals surface area contributed by atoms with Crippen LogP contribution in [0.5, 0.6) is 0 Å². The van der Waals surface area contributed by atoms with Crippen molar-refractivity contribution in [1.82, 2.24) is 0 Å². The van der Waals surface area contributed by atoms with Crippen LogP contribution in [0.25, 0.3) is 0 Å². The maximum atomic E-state index is 13.0. The second-order valence-electron chi connectivity index (χ2n) is 2.79. The fourth-order valence-electron chi connectivity index (χ4n) is 1.17. The first-order chi connectivity index (χ1) is 7.10. The van der Waals surface area contributed by atoms with E-state index in [-0.39, 0.29) is 11.5 Å². The summed E-state index contributed by atoms with van der Waals surface area (Å²) in [5, 5.41) is 7.99. The standard InChI is InChI=1S/C10H10FN3O/c1-7(15)9-5-4-8(11)6-10(9)14(12-2)13-3/h4-6H,2-3H2,1H3. The normalized spacial score (nSPS) is 9.47. The Balaban J connectivity index is 3.34. The summed E-state index contributed by atoms with van der Waals surface area (Å²) in [6, 6.07) is 3.72. The molecular weight excluding hydrogens is 197 g/mol. The fraction of sp³-hybridized carbons (Fsp3) is 0.100. The number of carbonyl (C=O) groups excluding carboxylic acids is 1. The van der Waals surface area contributed by atoms with Gasteiger partial charge >= 0.3 is 0 Å². The van der Waals surface area contributed by atoms with Crippen LogP contribution >= 0.6 is 0 Å². The van der Waals surface area contributed by atoms with E-state index >= 15 is 0 Å². The van der Waals surface area contributed by atoms with Crippen molar-refractivity contribution in [2.24, 2.45) is 10.2 Å². The highest BCUT2D eigenvalue weighted by molar-refractivity contribution is 5.99. The van der Waals surface area contributed by atoms with Gasteiger partial charge in [-0.25, -0.2) is 4.39 Å². The van der Waals surface area contributed by atoms with E-state index in [0.29, 0.717) is 5.56 Å². The summed E-state index contributed by atoms with van der Waals surface area (Å²) in [7, 11) is 0. The van der Waals surface area contributed by atoms with Gasteiger partial charge in [0.15, 0.2) is 5.78 Å². The van der Waals surface area contributed by atoms with E-state index in [1.165, 1.54) is 19.1 Å². The SMILES string of the molecule is C=NN(N=C)c1cc(F)ccc1C(C)=O. The van der Waals surface area contributed by atoms with Crippen molar-refractivity contribution in [2.75, 3.05) is 5.12 Å².